The van der Waals surface area contributed by atoms with Crippen LogP contribution in [0.5, 0.6) is 5.75 Å². The number of aryl methyl sites for hydroxylation is 1. The predicted octanol–water partition coefficient (Wildman–Crippen LogP) is 3.61. The molecular formula is C17H21FN2O. The molecule has 0 atom stereocenters. The highest BCUT2D eigenvalue weighted by molar-refractivity contribution is 5.32. The summed E-state index contributed by atoms with van der Waals surface area (Å²) in [4.78, 5) is 4.38. The molecule has 1 aromatic carbocycles. The van der Waals surface area contributed by atoms with Gasteiger partial charge in [-0.25, -0.2) is 4.39 Å². The van der Waals surface area contributed by atoms with Gasteiger partial charge < -0.3 is 10.1 Å². The van der Waals surface area contributed by atoms with Crippen LogP contribution in [-0.4, -0.2) is 11.0 Å². The number of nitrogens with one attached hydrogen (secondary N) is 1. The molecule has 0 bridgehead atoms. The molecule has 0 spiro atoms. The summed E-state index contributed by atoms with van der Waals surface area (Å²) in [6, 6.07) is 8.95. The maximum absolute atomic E-state index is 13.0. The zero-order valence-corrected chi connectivity index (χ0v) is 12.7. The summed E-state index contributed by atoms with van der Waals surface area (Å²) in [5.74, 6) is 0.434. The third-order valence-corrected chi connectivity index (χ3v) is 3.11. The Morgan fingerprint density at radius 3 is 2.67 bits per heavy atom. The van der Waals surface area contributed by atoms with Crippen molar-refractivity contribution in [3.8, 4) is 5.75 Å². The Bertz CT molecular complexity index is 582. The normalized spacial score (nSPS) is 10.9. The molecule has 1 heterocycles. The van der Waals surface area contributed by atoms with Crippen molar-refractivity contribution in [2.24, 2.45) is 0 Å². The van der Waals surface area contributed by atoms with Gasteiger partial charge in [0.1, 0.15) is 18.2 Å². The highest BCUT2D eigenvalue weighted by atomic mass is 19.1. The van der Waals surface area contributed by atoms with Crippen molar-refractivity contribution >= 4 is 0 Å². The quantitative estimate of drug-likeness (QED) is 0.881. The Hall–Kier alpha value is -1.94. The second kappa shape index (κ2) is 7.18. The molecular weight excluding hydrogens is 267 g/mol. The van der Waals surface area contributed by atoms with Gasteiger partial charge in [-0.2, -0.15) is 0 Å². The lowest BCUT2D eigenvalue weighted by atomic mass is 10.2. The van der Waals surface area contributed by atoms with E-state index < -0.39 is 0 Å². The number of benzene rings is 1. The lowest BCUT2D eigenvalue weighted by Crippen LogP contribution is -2.21. The third kappa shape index (κ3) is 4.83. The van der Waals surface area contributed by atoms with Gasteiger partial charge in [-0.15, -0.1) is 0 Å². The fraction of sp³-hybridized carbons (Fsp3) is 0.353. The number of aromatic nitrogens is 1. The average Bonchev–Trinajstić information content (AvgIpc) is 2.45. The van der Waals surface area contributed by atoms with Gasteiger partial charge in [0.2, 0.25) is 0 Å². The maximum Gasteiger partial charge on any atom is 0.130 e. The van der Waals surface area contributed by atoms with Crippen LogP contribution < -0.4 is 10.1 Å². The molecule has 0 saturated heterocycles. The van der Waals surface area contributed by atoms with E-state index in [1.165, 1.54) is 12.1 Å². The molecule has 0 fully saturated rings. The molecule has 0 aliphatic heterocycles. The van der Waals surface area contributed by atoms with Crippen molar-refractivity contribution in [1.29, 1.82) is 0 Å². The van der Waals surface area contributed by atoms with E-state index in [2.05, 4.69) is 24.1 Å². The van der Waals surface area contributed by atoms with Crippen molar-refractivity contribution in [3.63, 3.8) is 0 Å². The van der Waals surface area contributed by atoms with Crippen LogP contribution in [0.4, 0.5) is 4.39 Å². The monoisotopic (exact) mass is 288 g/mol. The van der Waals surface area contributed by atoms with E-state index >= 15 is 0 Å². The third-order valence-electron chi connectivity index (χ3n) is 3.11. The van der Waals surface area contributed by atoms with Crippen molar-refractivity contribution in [2.75, 3.05) is 0 Å². The van der Waals surface area contributed by atoms with Crippen molar-refractivity contribution in [1.82, 2.24) is 10.3 Å². The molecule has 4 heteroatoms. The molecule has 0 aliphatic carbocycles. The highest BCUT2D eigenvalue weighted by Crippen LogP contribution is 2.19. The first kappa shape index (κ1) is 15.4. The Kier molecular flexibility index (Phi) is 5.28. The topological polar surface area (TPSA) is 34.1 Å². The molecule has 1 aromatic heterocycles. The molecule has 0 radical (unpaired) electrons. The number of hydrogen-bond acceptors (Lipinski definition) is 3. The Morgan fingerprint density at radius 2 is 2.05 bits per heavy atom. The standard InChI is InChI=1S/C17H21FN2O/c1-12(2)19-9-14-4-6-16(20-10-14)11-21-17-7-5-15(18)8-13(17)3/h4-8,10,12,19H,9,11H2,1-3H3. The van der Waals surface area contributed by atoms with Crippen LogP contribution in [-0.2, 0) is 13.2 Å². The van der Waals surface area contributed by atoms with E-state index in [0.717, 1.165) is 23.4 Å². The Morgan fingerprint density at radius 1 is 1.24 bits per heavy atom. The summed E-state index contributed by atoms with van der Waals surface area (Å²) < 4.78 is 18.7. The van der Waals surface area contributed by atoms with Gasteiger partial charge in [-0.3, -0.25) is 4.98 Å². The van der Waals surface area contributed by atoms with E-state index in [9.17, 15) is 4.39 Å². The molecule has 112 valence electrons. The summed E-state index contributed by atoms with van der Waals surface area (Å²) >= 11 is 0. The van der Waals surface area contributed by atoms with E-state index in [4.69, 9.17) is 4.74 Å². The van der Waals surface area contributed by atoms with Crippen LogP contribution in [0.1, 0.15) is 30.7 Å². The first-order chi connectivity index (χ1) is 10.0. The summed E-state index contributed by atoms with van der Waals surface area (Å²) in [5.41, 5.74) is 2.78. The zero-order chi connectivity index (χ0) is 15.2. The van der Waals surface area contributed by atoms with Crippen molar-refractivity contribution in [3.05, 3.63) is 59.2 Å². The van der Waals surface area contributed by atoms with E-state index in [0.29, 0.717) is 18.4 Å². The number of pyridine rings is 1. The fourth-order valence-corrected chi connectivity index (χ4v) is 1.89. The molecule has 2 rings (SSSR count). The summed E-state index contributed by atoms with van der Waals surface area (Å²) in [6.45, 7) is 7.24. The first-order valence-corrected chi connectivity index (χ1v) is 7.11. The second-order valence-corrected chi connectivity index (χ2v) is 5.39. The van der Waals surface area contributed by atoms with Gasteiger partial charge in [-0.05, 0) is 42.3 Å². The SMILES string of the molecule is Cc1cc(F)ccc1OCc1ccc(CNC(C)C)cn1. The minimum atomic E-state index is -0.250. The Balaban J connectivity index is 1.91. The van der Waals surface area contributed by atoms with Crippen LogP contribution in [0.15, 0.2) is 36.5 Å². The summed E-state index contributed by atoms with van der Waals surface area (Å²) in [6.07, 6.45) is 1.85. The van der Waals surface area contributed by atoms with E-state index in [1.807, 2.05) is 25.3 Å². The van der Waals surface area contributed by atoms with Crippen LogP contribution in [0.25, 0.3) is 0 Å². The molecule has 1 N–H and O–H groups in total. The van der Waals surface area contributed by atoms with Crippen LogP contribution >= 0.6 is 0 Å². The maximum atomic E-state index is 13.0. The molecule has 0 aliphatic rings. The molecule has 3 nitrogen and oxygen atoms in total. The average molecular weight is 288 g/mol. The molecule has 0 amide bonds. The van der Waals surface area contributed by atoms with Crippen LogP contribution in [0.3, 0.4) is 0 Å². The minimum absolute atomic E-state index is 0.250. The Labute approximate surface area is 125 Å². The lowest BCUT2D eigenvalue weighted by Gasteiger charge is -2.10. The number of nitrogens with zero attached hydrogens (tertiary/aromatic N) is 1. The molecule has 0 unspecified atom stereocenters. The fourth-order valence-electron chi connectivity index (χ4n) is 1.89. The summed E-state index contributed by atoms with van der Waals surface area (Å²) in [5, 5.41) is 3.35. The molecule has 2 aromatic rings. The smallest absolute Gasteiger partial charge is 0.130 e. The second-order valence-electron chi connectivity index (χ2n) is 5.39. The first-order valence-electron chi connectivity index (χ1n) is 7.11. The van der Waals surface area contributed by atoms with Crippen LogP contribution in [0.2, 0.25) is 0 Å². The predicted molar refractivity (Wildman–Crippen MR) is 81.7 cm³/mol. The van der Waals surface area contributed by atoms with Gasteiger partial charge >= 0.3 is 0 Å². The van der Waals surface area contributed by atoms with Crippen molar-refractivity contribution in [2.45, 2.75) is 40.0 Å². The van der Waals surface area contributed by atoms with Crippen LogP contribution in [0, 0.1) is 12.7 Å². The van der Waals surface area contributed by atoms with Gasteiger partial charge in [0, 0.05) is 18.8 Å². The van der Waals surface area contributed by atoms with Gasteiger partial charge in [0.25, 0.3) is 0 Å². The van der Waals surface area contributed by atoms with Gasteiger partial charge in [0.05, 0.1) is 5.69 Å². The minimum Gasteiger partial charge on any atom is -0.487 e. The number of hydrogen-bond donors (Lipinski definition) is 1. The largest absolute Gasteiger partial charge is 0.487 e. The van der Waals surface area contributed by atoms with Gasteiger partial charge in [-0.1, -0.05) is 19.9 Å². The number of rotatable bonds is 6. The number of ether oxygens (including phenoxy) is 1. The van der Waals surface area contributed by atoms with E-state index in [1.54, 1.807) is 6.07 Å². The zero-order valence-electron chi connectivity index (χ0n) is 12.7. The van der Waals surface area contributed by atoms with Gasteiger partial charge in [0.15, 0.2) is 0 Å². The molecule has 0 saturated carbocycles. The number of halogens is 1. The highest BCUT2D eigenvalue weighted by Gasteiger charge is 2.03. The van der Waals surface area contributed by atoms with E-state index in [-0.39, 0.29) is 5.82 Å². The molecule has 21 heavy (non-hydrogen) atoms. The summed E-state index contributed by atoms with van der Waals surface area (Å²) in [7, 11) is 0. The van der Waals surface area contributed by atoms with Crippen molar-refractivity contribution < 1.29 is 9.13 Å². The lowest BCUT2D eigenvalue weighted by molar-refractivity contribution is 0.298.